The minimum atomic E-state index is -0.130. The number of hydrogen-bond donors (Lipinski definition) is 2. The fraction of sp³-hybridized carbons (Fsp3) is 0.0952. The average molecular weight is 349 g/mol. The summed E-state index contributed by atoms with van der Waals surface area (Å²) in [5, 5.41) is 12.1. The molecule has 0 spiro atoms. The van der Waals surface area contributed by atoms with Crippen LogP contribution < -0.4 is 14.8 Å². The molecule has 0 aliphatic rings. The van der Waals surface area contributed by atoms with Crippen LogP contribution in [-0.4, -0.2) is 18.1 Å². The van der Waals surface area contributed by atoms with Gasteiger partial charge in [-0.25, -0.2) is 0 Å². The Morgan fingerprint density at radius 1 is 0.923 bits per heavy atom. The molecule has 0 saturated carbocycles. The van der Waals surface area contributed by atoms with Crippen molar-refractivity contribution in [1.82, 2.24) is 0 Å². The Balaban J connectivity index is 1.60. The second kappa shape index (κ2) is 8.07. The standard InChI is InChI=1S/C21H19NO4/c1-25-19-4-2-3-5-20(19)26-18-12-8-16(9-13-18)22-21(24)14-15-6-10-17(23)11-7-15/h2-13,23H,14H2,1H3,(H,22,24). The number of ether oxygens (including phenoxy) is 2. The second-order valence-electron chi connectivity index (χ2n) is 5.67. The van der Waals surface area contributed by atoms with Gasteiger partial charge in [0, 0.05) is 5.69 Å². The summed E-state index contributed by atoms with van der Waals surface area (Å²) in [6.45, 7) is 0. The summed E-state index contributed by atoms with van der Waals surface area (Å²) in [6.07, 6.45) is 0.236. The number of phenols is 1. The van der Waals surface area contributed by atoms with E-state index >= 15 is 0 Å². The highest BCUT2D eigenvalue weighted by molar-refractivity contribution is 5.92. The van der Waals surface area contributed by atoms with Crippen LogP contribution in [0.2, 0.25) is 0 Å². The largest absolute Gasteiger partial charge is 0.508 e. The Morgan fingerprint density at radius 3 is 2.23 bits per heavy atom. The number of anilines is 1. The molecule has 5 heteroatoms. The maximum atomic E-state index is 12.1. The fourth-order valence-corrected chi connectivity index (χ4v) is 2.44. The van der Waals surface area contributed by atoms with E-state index in [9.17, 15) is 9.90 Å². The van der Waals surface area contributed by atoms with E-state index in [-0.39, 0.29) is 18.1 Å². The zero-order valence-corrected chi connectivity index (χ0v) is 14.3. The van der Waals surface area contributed by atoms with E-state index in [0.717, 1.165) is 5.56 Å². The first-order valence-electron chi connectivity index (χ1n) is 8.13. The molecular weight excluding hydrogens is 330 g/mol. The molecule has 3 rings (SSSR count). The molecule has 0 aliphatic carbocycles. The number of phenolic OH excluding ortho intramolecular Hbond substituents is 1. The highest BCUT2D eigenvalue weighted by atomic mass is 16.5. The SMILES string of the molecule is COc1ccccc1Oc1ccc(NC(=O)Cc2ccc(O)cc2)cc1. The van der Waals surface area contributed by atoms with Crippen LogP contribution in [0.5, 0.6) is 23.0 Å². The maximum Gasteiger partial charge on any atom is 0.228 e. The van der Waals surface area contributed by atoms with Gasteiger partial charge in [-0.15, -0.1) is 0 Å². The van der Waals surface area contributed by atoms with Crippen LogP contribution in [0.15, 0.2) is 72.8 Å². The zero-order chi connectivity index (χ0) is 18.4. The minimum Gasteiger partial charge on any atom is -0.508 e. The lowest BCUT2D eigenvalue weighted by Crippen LogP contribution is -2.14. The molecule has 0 fully saturated rings. The van der Waals surface area contributed by atoms with Gasteiger partial charge in [-0.2, -0.15) is 0 Å². The van der Waals surface area contributed by atoms with Crippen LogP contribution in [0.1, 0.15) is 5.56 Å². The monoisotopic (exact) mass is 349 g/mol. The lowest BCUT2D eigenvalue weighted by atomic mass is 10.1. The Kier molecular flexibility index (Phi) is 5.39. The molecule has 5 nitrogen and oxygen atoms in total. The van der Waals surface area contributed by atoms with Gasteiger partial charge in [-0.3, -0.25) is 4.79 Å². The topological polar surface area (TPSA) is 67.8 Å². The Morgan fingerprint density at radius 2 is 1.58 bits per heavy atom. The highest BCUT2D eigenvalue weighted by Gasteiger charge is 2.07. The van der Waals surface area contributed by atoms with Gasteiger partial charge in [0.2, 0.25) is 5.91 Å². The summed E-state index contributed by atoms with van der Waals surface area (Å²) in [7, 11) is 1.59. The fourth-order valence-electron chi connectivity index (χ4n) is 2.44. The minimum absolute atomic E-state index is 0.130. The van der Waals surface area contributed by atoms with E-state index in [1.54, 1.807) is 55.6 Å². The van der Waals surface area contributed by atoms with E-state index in [1.807, 2.05) is 24.3 Å². The predicted molar refractivity (Wildman–Crippen MR) is 100.0 cm³/mol. The van der Waals surface area contributed by atoms with E-state index in [1.165, 1.54) is 0 Å². The molecule has 132 valence electrons. The number of methoxy groups -OCH3 is 1. The first kappa shape index (κ1) is 17.4. The number of para-hydroxylation sites is 2. The molecule has 0 aliphatic heterocycles. The third-order valence-corrected chi connectivity index (χ3v) is 3.74. The number of benzene rings is 3. The number of nitrogens with one attached hydrogen (secondary N) is 1. The third kappa shape index (κ3) is 4.54. The predicted octanol–water partition coefficient (Wildman–Crippen LogP) is 4.37. The Hall–Kier alpha value is -3.47. The van der Waals surface area contributed by atoms with Crippen LogP contribution in [-0.2, 0) is 11.2 Å². The molecule has 1 amide bonds. The van der Waals surface area contributed by atoms with Gasteiger partial charge in [0.1, 0.15) is 11.5 Å². The average Bonchev–Trinajstić information content (AvgIpc) is 2.65. The first-order chi connectivity index (χ1) is 12.6. The van der Waals surface area contributed by atoms with Crippen molar-refractivity contribution >= 4 is 11.6 Å². The lowest BCUT2D eigenvalue weighted by Gasteiger charge is -2.11. The molecule has 26 heavy (non-hydrogen) atoms. The van der Waals surface area contributed by atoms with E-state index in [4.69, 9.17) is 9.47 Å². The van der Waals surface area contributed by atoms with E-state index < -0.39 is 0 Å². The van der Waals surface area contributed by atoms with Crippen molar-refractivity contribution in [2.75, 3.05) is 12.4 Å². The third-order valence-electron chi connectivity index (χ3n) is 3.74. The van der Waals surface area contributed by atoms with Crippen LogP contribution in [0.25, 0.3) is 0 Å². The molecule has 0 saturated heterocycles. The normalized spacial score (nSPS) is 10.2. The van der Waals surface area contributed by atoms with Gasteiger partial charge >= 0.3 is 0 Å². The molecule has 0 bridgehead atoms. The number of aromatic hydroxyl groups is 1. The number of rotatable bonds is 6. The summed E-state index contributed by atoms with van der Waals surface area (Å²) in [5.41, 5.74) is 1.51. The quantitative estimate of drug-likeness (QED) is 0.693. The van der Waals surface area contributed by atoms with Crippen molar-refractivity contribution in [2.45, 2.75) is 6.42 Å². The molecular formula is C21H19NO4. The molecule has 0 heterocycles. The van der Waals surface area contributed by atoms with Crippen molar-refractivity contribution in [1.29, 1.82) is 0 Å². The summed E-state index contributed by atoms with van der Waals surface area (Å²) in [6, 6.07) is 21.1. The molecule has 0 aromatic heterocycles. The molecule has 3 aromatic rings. The van der Waals surface area contributed by atoms with Crippen molar-refractivity contribution in [3.8, 4) is 23.0 Å². The van der Waals surface area contributed by atoms with Gasteiger partial charge in [0.05, 0.1) is 13.5 Å². The summed E-state index contributed by atoms with van der Waals surface area (Å²) in [5.74, 6) is 1.97. The van der Waals surface area contributed by atoms with Crippen LogP contribution in [0, 0.1) is 0 Å². The van der Waals surface area contributed by atoms with Crippen LogP contribution in [0.4, 0.5) is 5.69 Å². The number of hydrogen-bond acceptors (Lipinski definition) is 4. The molecule has 0 unspecified atom stereocenters. The van der Waals surface area contributed by atoms with Gasteiger partial charge in [-0.1, -0.05) is 24.3 Å². The van der Waals surface area contributed by atoms with E-state index in [0.29, 0.717) is 22.9 Å². The number of amides is 1. The Bertz CT molecular complexity index is 873. The van der Waals surface area contributed by atoms with Crippen LogP contribution >= 0.6 is 0 Å². The van der Waals surface area contributed by atoms with Gasteiger partial charge < -0.3 is 19.9 Å². The van der Waals surface area contributed by atoms with E-state index in [2.05, 4.69) is 5.32 Å². The Labute approximate surface area is 151 Å². The molecule has 0 atom stereocenters. The van der Waals surface area contributed by atoms with Crippen molar-refractivity contribution in [3.05, 3.63) is 78.4 Å². The van der Waals surface area contributed by atoms with Crippen molar-refractivity contribution in [3.63, 3.8) is 0 Å². The highest BCUT2D eigenvalue weighted by Crippen LogP contribution is 2.31. The van der Waals surface area contributed by atoms with Crippen LogP contribution in [0.3, 0.4) is 0 Å². The summed E-state index contributed by atoms with van der Waals surface area (Å²) < 4.78 is 11.1. The molecule has 3 aromatic carbocycles. The first-order valence-corrected chi connectivity index (χ1v) is 8.13. The zero-order valence-electron chi connectivity index (χ0n) is 14.3. The molecule has 0 radical (unpaired) electrons. The smallest absolute Gasteiger partial charge is 0.228 e. The summed E-state index contributed by atoms with van der Waals surface area (Å²) >= 11 is 0. The molecule has 2 N–H and O–H groups in total. The number of carbonyl (C=O) groups excluding carboxylic acids is 1. The number of carbonyl (C=O) groups is 1. The maximum absolute atomic E-state index is 12.1. The lowest BCUT2D eigenvalue weighted by molar-refractivity contribution is -0.115. The van der Waals surface area contributed by atoms with Crippen molar-refractivity contribution < 1.29 is 19.4 Å². The summed E-state index contributed by atoms with van der Waals surface area (Å²) in [4.78, 5) is 12.1. The van der Waals surface area contributed by atoms with Crippen molar-refractivity contribution in [2.24, 2.45) is 0 Å². The van der Waals surface area contributed by atoms with Gasteiger partial charge in [-0.05, 0) is 54.1 Å². The van der Waals surface area contributed by atoms with Gasteiger partial charge in [0.15, 0.2) is 11.5 Å². The second-order valence-corrected chi connectivity index (χ2v) is 5.67. The van der Waals surface area contributed by atoms with Gasteiger partial charge in [0.25, 0.3) is 0 Å².